The zero-order valence-electron chi connectivity index (χ0n) is 15.1. The van der Waals surface area contributed by atoms with Crippen molar-refractivity contribution in [2.24, 2.45) is 0 Å². The normalized spacial score (nSPS) is 21.5. The second kappa shape index (κ2) is 8.37. The molecule has 7 nitrogen and oxygen atoms in total. The largest absolute Gasteiger partial charge is 0.495 e. The fraction of sp³-hybridized carbons (Fsp3) is 0.611. The number of amides is 1. The van der Waals surface area contributed by atoms with Crippen LogP contribution in [0.4, 0.5) is 5.69 Å². The molecule has 1 unspecified atom stereocenters. The Morgan fingerprint density at radius 1 is 1.27 bits per heavy atom. The highest BCUT2D eigenvalue weighted by Gasteiger charge is 2.28. The number of anilines is 1. The summed E-state index contributed by atoms with van der Waals surface area (Å²) in [5.41, 5.74) is 0.369. The zero-order chi connectivity index (χ0) is 18.6. The molecule has 2 aliphatic rings. The van der Waals surface area contributed by atoms with Crippen molar-refractivity contribution in [2.75, 3.05) is 32.1 Å². The van der Waals surface area contributed by atoms with Crippen LogP contribution >= 0.6 is 0 Å². The highest BCUT2D eigenvalue weighted by atomic mass is 32.2. The molecule has 2 saturated heterocycles. The monoisotopic (exact) mass is 382 g/mol. The topological polar surface area (TPSA) is 84.9 Å². The van der Waals surface area contributed by atoms with Crippen LogP contribution in [0.5, 0.6) is 5.75 Å². The molecule has 0 aliphatic carbocycles. The van der Waals surface area contributed by atoms with Gasteiger partial charge < -0.3 is 14.8 Å². The fourth-order valence-corrected chi connectivity index (χ4v) is 4.94. The van der Waals surface area contributed by atoms with Crippen molar-refractivity contribution in [1.29, 1.82) is 0 Å². The van der Waals surface area contributed by atoms with Crippen LogP contribution in [0.1, 0.15) is 38.5 Å². The standard InChI is InChI=1S/C18H26N2O5S/c1-24-17-8-7-15(26(22,23)20-9-3-4-10-20)13-16(17)19-18(21)12-14-6-2-5-11-25-14/h7-8,13-14H,2-6,9-12H2,1H3,(H,19,21). The second-order valence-corrected chi connectivity index (χ2v) is 8.65. The molecule has 0 saturated carbocycles. The van der Waals surface area contributed by atoms with E-state index in [-0.39, 0.29) is 23.3 Å². The zero-order valence-corrected chi connectivity index (χ0v) is 15.9. The summed E-state index contributed by atoms with van der Waals surface area (Å²) in [6.45, 7) is 1.76. The quantitative estimate of drug-likeness (QED) is 0.816. The number of benzene rings is 1. The van der Waals surface area contributed by atoms with Crippen molar-refractivity contribution in [3.05, 3.63) is 18.2 Å². The number of sulfonamides is 1. The molecule has 0 bridgehead atoms. The third-order valence-electron chi connectivity index (χ3n) is 4.83. The van der Waals surface area contributed by atoms with Crippen molar-refractivity contribution in [3.8, 4) is 5.75 Å². The van der Waals surface area contributed by atoms with Gasteiger partial charge in [0.15, 0.2) is 0 Å². The molecule has 144 valence electrons. The van der Waals surface area contributed by atoms with E-state index in [4.69, 9.17) is 9.47 Å². The van der Waals surface area contributed by atoms with E-state index < -0.39 is 10.0 Å². The number of carbonyl (C=O) groups excluding carboxylic acids is 1. The molecule has 8 heteroatoms. The average molecular weight is 382 g/mol. The van der Waals surface area contributed by atoms with Gasteiger partial charge in [-0.3, -0.25) is 4.79 Å². The number of nitrogens with one attached hydrogen (secondary N) is 1. The molecule has 3 rings (SSSR count). The number of methoxy groups -OCH3 is 1. The Morgan fingerprint density at radius 3 is 2.69 bits per heavy atom. The van der Waals surface area contributed by atoms with Crippen LogP contribution in [-0.2, 0) is 19.6 Å². The number of hydrogen-bond acceptors (Lipinski definition) is 5. The number of carbonyl (C=O) groups is 1. The van der Waals surface area contributed by atoms with E-state index in [0.717, 1.165) is 32.1 Å². The molecule has 1 aromatic carbocycles. The summed E-state index contributed by atoms with van der Waals surface area (Å²) < 4.78 is 37.8. The molecule has 0 aromatic heterocycles. The summed E-state index contributed by atoms with van der Waals surface area (Å²) in [5.74, 6) is 0.231. The van der Waals surface area contributed by atoms with Crippen molar-refractivity contribution in [3.63, 3.8) is 0 Å². The number of hydrogen-bond donors (Lipinski definition) is 1. The first-order valence-corrected chi connectivity index (χ1v) is 10.5. The minimum absolute atomic E-state index is 0.0775. The predicted molar refractivity (Wildman–Crippen MR) is 97.8 cm³/mol. The predicted octanol–water partition coefficient (Wildman–Crippen LogP) is 2.38. The number of nitrogens with zero attached hydrogens (tertiary/aromatic N) is 1. The maximum absolute atomic E-state index is 12.7. The summed E-state index contributed by atoms with van der Waals surface area (Å²) in [5, 5.41) is 2.78. The van der Waals surface area contributed by atoms with Crippen LogP contribution in [0.3, 0.4) is 0 Å². The van der Waals surface area contributed by atoms with Gasteiger partial charge in [0, 0.05) is 19.7 Å². The summed E-state index contributed by atoms with van der Waals surface area (Å²) in [6.07, 6.45) is 4.89. The first-order chi connectivity index (χ1) is 12.5. The second-order valence-electron chi connectivity index (χ2n) is 6.71. The summed E-state index contributed by atoms with van der Waals surface area (Å²) >= 11 is 0. The fourth-order valence-electron chi connectivity index (χ4n) is 3.40. The third kappa shape index (κ3) is 4.36. The van der Waals surface area contributed by atoms with Gasteiger partial charge in [-0.2, -0.15) is 4.31 Å². The van der Waals surface area contributed by atoms with E-state index >= 15 is 0 Å². The van der Waals surface area contributed by atoms with Gasteiger partial charge in [0.25, 0.3) is 0 Å². The van der Waals surface area contributed by atoms with Gasteiger partial charge in [0.2, 0.25) is 15.9 Å². The van der Waals surface area contributed by atoms with Crippen LogP contribution < -0.4 is 10.1 Å². The molecule has 0 radical (unpaired) electrons. The van der Waals surface area contributed by atoms with Crippen molar-refractivity contribution < 1.29 is 22.7 Å². The Morgan fingerprint density at radius 2 is 2.04 bits per heavy atom. The molecule has 2 heterocycles. The van der Waals surface area contributed by atoms with Gasteiger partial charge >= 0.3 is 0 Å². The van der Waals surface area contributed by atoms with Crippen LogP contribution in [0.15, 0.2) is 23.1 Å². The molecule has 1 aromatic rings. The Labute approximate surface area is 154 Å². The Kier molecular flexibility index (Phi) is 6.16. The average Bonchev–Trinajstić information content (AvgIpc) is 3.18. The summed E-state index contributed by atoms with van der Waals surface area (Å²) in [4.78, 5) is 12.5. The highest BCUT2D eigenvalue weighted by Crippen LogP contribution is 2.30. The molecular formula is C18H26N2O5S. The maximum atomic E-state index is 12.7. The van der Waals surface area contributed by atoms with E-state index in [9.17, 15) is 13.2 Å². The summed E-state index contributed by atoms with van der Waals surface area (Å²) in [7, 11) is -2.06. The van der Waals surface area contributed by atoms with E-state index in [1.807, 2.05) is 0 Å². The Hall–Kier alpha value is -1.64. The molecule has 1 N–H and O–H groups in total. The van der Waals surface area contributed by atoms with E-state index in [1.54, 1.807) is 6.07 Å². The van der Waals surface area contributed by atoms with Crippen LogP contribution in [0.25, 0.3) is 0 Å². The number of rotatable bonds is 6. The van der Waals surface area contributed by atoms with E-state index in [1.165, 1.54) is 23.5 Å². The third-order valence-corrected chi connectivity index (χ3v) is 6.73. The first kappa shape index (κ1) is 19.1. The highest BCUT2D eigenvalue weighted by molar-refractivity contribution is 7.89. The lowest BCUT2D eigenvalue weighted by Crippen LogP contribution is -2.28. The van der Waals surface area contributed by atoms with E-state index in [0.29, 0.717) is 31.1 Å². The molecule has 2 fully saturated rings. The number of ether oxygens (including phenoxy) is 2. The van der Waals surface area contributed by atoms with Gasteiger partial charge in [-0.15, -0.1) is 0 Å². The Balaban J connectivity index is 1.75. The lowest BCUT2D eigenvalue weighted by Gasteiger charge is -2.22. The van der Waals surface area contributed by atoms with E-state index in [2.05, 4.69) is 5.32 Å². The molecule has 1 atom stereocenters. The van der Waals surface area contributed by atoms with Gasteiger partial charge in [-0.05, 0) is 50.3 Å². The van der Waals surface area contributed by atoms with Crippen LogP contribution in [-0.4, -0.2) is 51.5 Å². The lowest BCUT2D eigenvalue weighted by molar-refractivity contribution is -0.119. The van der Waals surface area contributed by atoms with Gasteiger partial charge in [-0.1, -0.05) is 0 Å². The van der Waals surface area contributed by atoms with Crippen LogP contribution in [0, 0.1) is 0 Å². The van der Waals surface area contributed by atoms with Crippen molar-refractivity contribution >= 4 is 21.6 Å². The van der Waals surface area contributed by atoms with Gasteiger partial charge in [0.05, 0.1) is 30.2 Å². The first-order valence-electron chi connectivity index (χ1n) is 9.10. The van der Waals surface area contributed by atoms with Crippen molar-refractivity contribution in [2.45, 2.75) is 49.5 Å². The minimum Gasteiger partial charge on any atom is -0.495 e. The summed E-state index contributed by atoms with van der Waals surface area (Å²) in [6, 6.07) is 4.58. The minimum atomic E-state index is -3.55. The molecular weight excluding hydrogens is 356 g/mol. The maximum Gasteiger partial charge on any atom is 0.243 e. The lowest BCUT2D eigenvalue weighted by atomic mass is 10.1. The smallest absolute Gasteiger partial charge is 0.243 e. The Bertz CT molecular complexity index is 738. The molecule has 1 amide bonds. The molecule has 26 heavy (non-hydrogen) atoms. The SMILES string of the molecule is COc1ccc(S(=O)(=O)N2CCCC2)cc1NC(=O)CC1CCCCO1. The van der Waals surface area contributed by atoms with Crippen molar-refractivity contribution in [1.82, 2.24) is 4.31 Å². The molecule has 2 aliphatic heterocycles. The van der Waals surface area contributed by atoms with Gasteiger partial charge in [-0.25, -0.2) is 8.42 Å². The molecule has 0 spiro atoms. The van der Waals surface area contributed by atoms with Crippen LogP contribution in [0.2, 0.25) is 0 Å². The van der Waals surface area contributed by atoms with Gasteiger partial charge in [0.1, 0.15) is 5.75 Å².